The van der Waals surface area contributed by atoms with Gasteiger partial charge in [-0.1, -0.05) is 0 Å². The molecule has 0 aliphatic carbocycles. The van der Waals surface area contributed by atoms with Crippen LogP contribution in [0.3, 0.4) is 0 Å². The standard InChI is InChI=1S/C15H20N2O/c1-10-7-13-11(2)9-12(5-6-16-3)17-15(13)14(8-10)18-4/h7-9,16H,5-6H2,1-4H3. The van der Waals surface area contributed by atoms with Gasteiger partial charge in [-0.05, 0) is 50.2 Å². The van der Waals surface area contributed by atoms with E-state index in [0.717, 1.165) is 29.9 Å². The maximum absolute atomic E-state index is 5.44. The fourth-order valence-electron chi connectivity index (χ4n) is 2.20. The molecule has 0 aliphatic heterocycles. The Morgan fingerprint density at radius 3 is 2.67 bits per heavy atom. The van der Waals surface area contributed by atoms with Crippen LogP contribution in [-0.4, -0.2) is 25.7 Å². The number of hydrogen-bond acceptors (Lipinski definition) is 3. The van der Waals surface area contributed by atoms with E-state index in [9.17, 15) is 0 Å². The van der Waals surface area contributed by atoms with Crippen molar-refractivity contribution < 1.29 is 4.74 Å². The molecule has 1 aromatic heterocycles. The number of aryl methyl sites for hydroxylation is 2. The van der Waals surface area contributed by atoms with Gasteiger partial charge in [-0.25, -0.2) is 4.98 Å². The molecule has 0 saturated heterocycles. The molecule has 0 fully saturated rings. The van der Waals surface area contributed by atoms with Crippen molar-refractivity contribution in [2.75, 3.05) is 20.7 Å². The van der Waals surface area contributed by atoms with Crippen LogP contribution in [0, 0.1) is 13.8 Å². The van der Waals surface area contributed by atoms with Gasteiger partial charge in [0.2, 0.25) is 0 Å². The molecular weight excluding hydrogens is 224 g/mol. The number of methoxy groups -OCH3 is 1. The third-order valence-electron chi connectivity index (χ3n) is 3.13. The summed E-state index contributed by atoms with van der Waals surface area (Å²) in [5.74, 6) is 0.861. The Balaban J connectivity index is 2.59. The van der Waals surface area contributed by atoms with Crippen molar-refractivity contribution in [2.45, 2.75) is 20.3 Å². The third kappa shape index (κ3) is 2.46. The summed E-state index contributed by atoms with van der Waals surface area (Å²) in [6.45, 7) is 5.15. The van der Waals surface area contributed by atoms with Crippen LogP contribution in [0.5, 0.6) is 5.75 Å². The predicted molar refractivity (Wildman–Crippen MR) is 75.4 cm³/mol. The van der Waals surface area contributed by atoms with Crippen molar-refractivity contribution in [1.29, 1.82) is 0 Å². The van der Waals surface area contributed by atoms with Crippen LogP contribution < -0.4 is 10.1 Å². The minimum Gasteiger partial charge on any atom is -0.494 e. The molecule has 1 N–H and O–H groups in total. The lowest BCUT2D eigenvalue weighted by atomic mass is 10.0. The molecule has 96 valence electrons. The molecule has 0 amide bonds. The minimum absolute atomic E-state index is 0.861. The number of nitrogens with one attached hydrogen (secondary N) is 1. The van der Waals surface area contributed by atoms with Gasteiger partial charge in [-0.2, -0.15) is 0 Å². The van der Waals surface area contributed by atoms with Crippen LogP contribution in [0.2, 0.25) is 0 Å². The van der Waals surface area contributed by atoms with E-state index in [2.05, 4.69) is 31.3 Å². The summed E-state index contributed by atoms with van der Waals surface area (Å²) in [6.07, 6.45) is 0.935. The van der Waals surface area contributed by atoms with Gasteiger partial charge in [0.05, 0.1) is 7.11 Å². The summed E-state index contributed by atoms with van der Waals surface area (Å²) in [6, 6.07) is 6.37. The van der Waals surface area contributed by atoms with E-state index in [-0.39, 0.29) is 0 Å². The second kappa shape index (κ2) is 5.36. The average Bonchev–Trinajstić information content (AvgIpc) is 2.36. The van der Waals surface area contributed by atoms with Gasteiger partial charge in [-0.15, -0.1) is 0 Å². The molecular formula is C15H20N2O. The average molecular weight is 244 g/mol. The molecule has 18 heavy (non-hydrogen) atoms. The van der Waals surface area contributed by atoms with Gasteiger partial charge in [0.15, 0.2) is 0 Å². The Kier molecular flexibility index (Phi) is 3.82. The number of rotatable bonds is 4. The topological polar surface area (TPSA) is 34.1 Å². The van der Waals surface area contributed by atoms with E-state index in [4.69, 9.17) is 9.72 Å². The first-order valence-corrected chi connectivity index (χ1v) is 6.25. The summed E-state index contributed by atoms with van der Waals surface area (Å²) in [5, 5.41) is 4.33. The smallest absolute Gasteiger partial charge is 0.145 e. The lowest BCUT2D eigenvalue weighted by molar-refractivity contribution is 0.418. The Morgan fingerprint density at radius 2 is 2.00 bits per heavy atom. The number of aromatic nitrogens is 1. The largest absolute Gasteiger partial charge is 0.494 e. The van der Waals surface area contributed by atoms with E-state index in [1.807, 2.05) is 13.1 Å². The maximum Gasteiger partial charge on any atom is 0.145 e. The van der Waals surface area contributed by atoms with Gasteiger partial charge in [0, 0.05) is 24.0 Å². The zero-order valence-electron chi connectivity index (χ0n) is 11.5. The van der Waals surface area contributed by atoms with Crippen molar-refractivity contribution in [2.24, 2.45) is 0 Å². The lowest BCUT2D eigenvalue weighted by Crippen LogP contribution is -2.11. The van der Waals surface area contributed by atoms with Gasteiger partial charge < -0.3 is 10.1 Å². The first-order chi connectivity index (χ1) is 8.65. The normalized spacial score (nSPS) is 10.9. The molecule has 0 saturated carbocycles. The van der Waals surface area contributed by atoms with Gasteiger partial charge in [0.1, 0.15) is 11.3 Å². The molecule has 0 bridgehead atoms. The highest BCUT2D eigenvalue weighted by atomic mass is 16.5. The summed E-state index contributed by atoms with van der Waals surface area (Å²) in [5.41, 5.74) is 4.53. The lowest BCUT2D eigenvalue weighted by Gasteiger charge is -2.11. The maximum atomic E-state index is 5.44. The van der Waals surface area contributed by atoms with Crippen LogP contribution in [0.4, 0.5) is 0 Å². The quantitative estimate of drug-likeness (QED) is 0.897. The van der Waals surface area contributed by atoms with Crippen LogP contribution in [-0.2, 0) is 6.42 Å². The Morgan fingerprint density at radius 1 is 1.22 bits per heavy atom. The fourth-order valence-corrected chi connectivity index (χ4v) is 2.20. The third-order valence-corrected chi connectivity index (χ3v) is 3.13. The molecule has 0 atom stereocenters. The summed E-state index contributed by atoms with van der Waals surface area (Å²) in [4.78, 5) is 4.72. The summed E-state index contributed by atoms with van der Waals surface area (Å²) < 4.78 is 5.44. The van der Waals surface area contributed by atoms with Crippen LogP contribution >= 0.6 is 0 Å². The number of nitrogens with zero attached hydrogens (tertiary/aromatic N) is 1. The van der Waals surface area contributed by atoms with Crippen molar-refractivity contribution in [3.05, 3.63) is 35.0 Å². The van der Waals surface area contributed by atoms with Gasteiger partial charge in [-0.3, -0.25) is 0 Å². The zero-order chi connectivity index (χ0) is 13.1. The monoisotopic (exact) mass is 244 g/mol. The molecule has 1 heterocycles. The minimum atomic E-state index is 0.861. The first kappa shape index (κ1) is 12.8. The van der Waals surface area contributed by atoms with Crippen molar-refractivity contribution >= 4 is 10.9 Å². The van der Waals surface area contributed by atoms with E-state index in [0.29, 0.717) is 0 Å². The van der Waals surface area contributed by atoms with Gasteiger partial charge in [0.25, 0.3) is 0 Å². The number of fused-ring (bicyclic) bond motifs is 1. The highest BCUT2D eigenvalue weighted by Gasteiger charge is 2.08. The number of benzene rings is 1. The highest BCUT2D eigenvalue weighted by Crippen LogP contribution is 2.28. The van der Waals surface area contributed by atoms with Crippen molar-refractivity contribution in [3.8, 4) is 5.75 Å². The van der Waals surface area contributed by atoms with E-state index >= 15 is 0 Å². The summed E-state index contributed by atoms with van der Waals surface area (Å²) >= 11 is 0. The molecule has 0 spiro atoms. The summed E-state index contributed by atoms with van der Waals surface area (Å²) in [7, 11) is 3.66. The van der Waals surface area contributed by atoms with Crippen LogP contribution in [0.25, 0.3) is 10.9 Å². The van der Waals surface area contributed by atoms with E-state index in [1.165, 1.54) is 16.5 Å². The van der Waals surface area contributed by atoms with Crippen molar-refractivity contribution in [3.63, 3.8) is 0 Å². The number of hydrogen-bond donors (Lipinski definition) is 1. The zero-order valence-corrected chi connectivity index (χ0v) is 11.5. The Hall–Kier alpha value is -1.61. The van der Waals surface area contributed by atoms with Crippen molar-refractivity contribution in [1.82, 2.24) is 10.3 Å². The molecule has 0 radical (unpaired) electrons. The SMILES string of the molecule is CNCCc1cc(C)c2cc(C)cc(OC)c2n1. The molecule has 0 aliphatic rings. The van der Waals surface area contributed by atoms with Crippen LogP contribution in [0.1, 0.15) is 16.8 Å². The van der Waals surface area contributed by atoms with E-state index < -0.39 is 0 Å². The molecule has 3 nitrogen and oxygen atoms in total. The van der Waals surface area contributed by atoms with Gasteiger partial charge >= 0.3 is 0 Å². The Labute approximate surface area is 108 Å². The fraction of sp³-hybridized carbons (Fsp3) is 0.400. The van der Waals surface area contributed by atoms with Crippen LogP contribution in [0.15, 0.2) is 18.2 Å². The second-order valence-electron chi connectivity index (χ2n) is 4.65. The highest BCUT2D eigenvalue weighted by molar-refractivity contribution is 5.88. The number of likely N-dealkylation sites (N-methyl/N-ethyl adjacent to an activating group) is 1. The molecule has 0 unspecified atom stereocenters. The molecule has 3 heteroatoms. The number of ether oxygens (including phenoxy) is 1. The molecule has 2 aromatic rings. The molecule has 2 rings (SSSR count). The number of pyridine rings is 1. The van der Waals surface area contributed by atoms with E-state index in [1.54, 1.807) is 7.11 Å². The second-order valence-corrected chi connectivity index (χ2v) is 4.65. The molecule has 1 aromatic carbocycles. The first-order valence-electron chi connectivity index (χ1n) is 6.25. The predicted octanol–water partition coefficient (Wildman–Crippen LogP) is 2.62. The Bertz CT molecular complexity index is 564.